The van der Waals surface area contributed by atoms with Gasteiger partial charge in [-0.2, -0.15) is 0 Å². The van der Waals surface area contributed by atoms with Crippen LogP contribution in [-0.2, 0) is 23.7 Å². The Kier molecular flexibility index (Phi) is 9.39. The topological polar surface area (TPSA) is 306 Å². The summed E-state index contributed by atoms with van der Waals surface area (Å²) in [5, 5.41) is 89.9. The number of aliphatic hydroxyl groups is 9. The summed E-state index contributed by atoms with van der Waals surface area (Å²) in [5.41, 5.74) is 17.5. The van der Waals surface area contributed by atoms with Crippen LogP contribution in [0.1, 0.15) is 0 Å². The Bertz CT molecular complexity index is 693. The molecule has 3 heterocycles. The Morgan fingerprint density at radius 2 is 1.17 bits per heavy atom. The van der Waals surface area contributed by atoms with Crippen LogP contribution in [0.4, 0.5) is 0 Å². The van der Waals surface area contributed by atoms with Crippen molar-refractivity contribution in [3.8, 4) is 0 Å². The average molecular weight is 517 g/mol. The molecule has 15 atom stereocenters. The Morgan fingerprint density at radius 1 is 0.686 bits per heavy atom. The standard InChI is InChI=1S/C18H35N3O14/c19-6-9(25)12(4(1-22)31-15(6)29)33-16-7(20)10(26)13(5(2-23)32-16)34-17-8(21)11(27)14(28)18(30,3-24)35-17/h4-17,22-30H,1-3,19-21H2/t4-,5-,6-,7-,8-,9-,10-,11-,12?,13?,14+,15-,16+,17+,18-/m1/s1. The maximum absolute atomic E-state index is 10.8. The fourth-order valence-corrected chi connectivity index (χ4v) is 4.19. The van der Waals surface area contributed by atoms with Gasteiger partial charge in [0.2, 0.25) is 5.79 Å². The van der Waals surface area contributed by atoms with E-state index in [-0.39, 0.29) is 0 Å². The second-order valence-electron chi connectivity index (χ2n) is 8.81. The average Bonchev–Trinajstić information content (AvgIpc) is 2.85. The van der Waals surface area contributed by atoms with Gasteiger partial charge in [-0.15, -0.1) is 0 Å². The second kappa shape index (κ2) is 11.4. The third-order valence-corrected chi connectivity index (χ3v) is 6.44. The summed E-state index contributed by atoms with van der Waals surface area (Å²) in [7, 11) is 0. The highest BCUT2D eigenvalue weighted by Crippen LogP contribution is 2.32. The van der Waals surface area contributed by atoms with Crippen LogP contribution in [0.25, 0.3) is 0 Å². The third-order valence-electron chi connectivity index (χ3n) is 6.44. The molecule has 3 saturated heterocycles. The molecule has 0 aliphatic carbocycles. The van der Waals surface area contributed by atoms with Crippen LogP contribution in [0.5, 0.6) is 0 Å². The van der Waals surface area contributed by atoms with Gasteiger partial charge in [0.1, 0.15) is 48.8 Å². The van der Waals surface area contributed by atoms with Crippen LogP contribution in [0.3, 0.4) is 0 Å². The molecule has 0 saturated carbocycles. The Balaban J connectivity index is 1.74. The van der Waals surface area contributed by atoms with Crippen LogP contribution >= 0.6 is 0 Å². The van der Waals surface area contributed by atoms with Gasteiger partial charge in [-0.05, 0) is 0 Å². The fraction of sp³-hybridized carbons (Fsp3) is 1.00. The molecule has 0 amide bonds. The molecule has 2 unspecified atom stereocenters. The largest absolute Gasteiger partial charge is 0.394 e. The summed E-state index contributed by atoms with van der Waals surface area (Å²) < 4.78 is 27.0. The molecule has 3 aliphatic rings. The lowest BCUT2D eigenvalue weighted by Crippen LogP contribution is -2.71. The Morgan fingerprint density at radius 3 is 1.71 bits per heavy atom. The van der Waals surface area contributed by atoms with Gasteiger partial charge in [-0.25, -0.2) is 0 Å². The molecule has 0 radical (unpaired) electrons. The van der Waals surface area contributed by atoms with Crippen molar-refractivity contribution in [2.24, 2.45) is 17.2 Å². The van der Waals surface area contributed by atoms with Gasteiger partial charge >= 0.3 is 0 Å². The first-order chi connectivity index (χ1) is 16.4. The number of ether oxygens (including phenoxy) is 5. The Labute approximate surface area is 199 Å². The summed E-state index contributed by atoms with van der Waals surface area (Å²) in [5.74, 6) is -2.64. The van der Waals surface area contributed by atoms with Gasteiger partial charge in [-0.1, -0.05) is 0 Å². The maximum Gasteiger partial charge on any atom is 0.221 e. The molecular formula is C18H35N3O14. The normalized spacial score (nSPS) is 53.5. The molecule has 15 N–H and O–H groups in total. The van der Waals surface area contributed by atoms with Crippen LogP contribution in [0.2, 0.25) is 0 Å². The predicted octanol–water partition coefficient (Wildman–Crippen LogP) is -8.35. The van der Waals surface area contributed by atoms with Crippen molar-refractivity contribution in [2.75, 3.05) is 19.8 Å². The third kappa shape index (κ3) is 5.47. The van der Waals surface area contributed by atoms with Gasteiger partial charge in [0, 0.05) is 0 Å². The zero-order chi connectivity index (χ0) is 26.2. The van der Waals surface area contributed by atoms with Crippen molar-refractivity contribution in [3.05, 3.63) is 0 Å². The van der Waals surface area contributed by atoms with E-state index in [1.54, 1.807) is 0 Å². The minimum Gasteiger partial charge on any atom is -0.394 e. The number of aliphatic hydroxyl groups excluding tert-OH is 8. The lowest BCUT2D eigenvalue weighted by Gasteiger charge is -2.49. The van der Waals surface area contributed by atoms with Gasteiger partial charge in [-0.3, -0.25) is 0 Å². The van der Waals surface area contributed by atoms with Gasteiger partial charge < -0.3 is 86.8 Å². The zero-order valence-corrected chi connectivity index (χ0v) is 18.5. The number of rotatable bonds is 7. The van der Waals surface area contributed by atoms with Crippen molar-refractivity contribution < 1.29 is 69.6 Å². The molecule has 0 bridgehead atoms. The lowest BCUT2D eigenvalue weighted by atomic mass is 9.93. The molecule has 0 spiro atoms. The van der Waals surface area contributed by atoms with E-state index in [0.717, 1.165) is 0 Å². The molecule has 0 aromatic rings. The van der Waals surface area contributed by atoms with E-state index in [1.807, 2.05) is 0 Å². The molecule has 3 aliphatic heterocycles. The number of hydrogen-bond donors (Lipinski definition) is 12. The minimum absolute atomic E-state index is 0.677. The summed E-state index contributed by atoms with van der Waals surface area (Å²) in [6.07, 6.45) is -17.1. The van der Waals surface area contributed by atoms with E-state index >= 15 is 0 Å². The maximum atomic E-state index is 10.8. The summed E-state index contributed by atoms with van der Waals surface area (Å²) >= 11 is 0. The molecule has 206 valence electrons. The van der Waals surface area contributed by atoms with Crippen molar-refractivity contribution in [1.82, 2.24) is 0 Å². The number of hydrogen-bond acceptors (Lipinski definition) is 17. The van der Waals surface area contributed by atoms with E-state index < -0.39 is 111 Å². The molecule has 3 fully saturated rings. The molecule has 17 heteroatoms. The van der Waals surface area contributed by atoms with Crippen LogP contribution in [0.15, 0.2) is 0 Å². The quantitative estimate of drug-likeness (QED) is 0.149. The number of nitrogens with two attached hydrogens (primary N) is 3. The fourth-order valence-electron chi connectivity index (χ4n) is 4.19. The first-order valence-electron chi connectivity index (χ1n) is 10.9. The summed E-state index contributed by atoms with van der Waals surface area (Å²) in [6.45, 7) is -2.57. The van der Waals surface area contributed by atoms with Crippen molar-refractivity contribution in [1.29, 1.82) is 0 Å². The lowest BCUT2D eigenvalue weighted by molar-refractivity contribution is -0.398. The highest BCUT2D eigenvalue weighted by molar-refractivity contribution is 4.99. The monoisotopic (exact) mass is 517 g/mol. The molecule has 0 aromatic heterocycles. The molecule has 0 aromatic carbocycles. The van der Waals surface area contributed by atoms with E-state index in [1.165, 1.54) is 0 Å². The molecule has 3 rings (SSSR count). The zero-order valence-electron chi connectivity index (χ0n) is 18.5. The van der Waals surface area contributed by atoms with Gasteiger partial charge in [0.05, 0.1) is 37.9 Å². The highest BCUT2D eigenvalue weighted by Gasteiger charge is 2.55. The molecular weight excluding hydrogens is 482 g/mol. The van der Waals surface area contributed by atoms with Crippen LogP contribution in [-0.4, -0.2) is 157 Å². The van der Waals surface area contributed by atoms with Gasteiger partial charge in [0.15, 0.2) is 18.9 Å². The molecule has 35 heavy (non-hydrogen) atoms. The highest BCUT2D eigenvalue weighted by atomic mass is 16.8. The smallest absolute Gasteiger partial charge is 0.221 e. The van der Waals surface area contributed by atoms with Gasteiger partial charge in [0.25, 0.3) is 0 Å². The van der Waals surface area contributed by atoms with Crippen molar-refractivity contribution in [2.45, 2.75) is 91.6 Å². The minimum atomic E-state index is -2.64. The summed E-state index contributed by atoms with van der Waals surface area (Å²) in [4.78, 5) is 0. The Hall–Kier alpha value is -0.680. The molecule has 17 nitrogen and oxygen atoms in total. The van der Waals surface area contributed by atoms with Crippen LogP contribution in [0, 0.1) is 0 Å². The predicted molar refractivity (Wildman–Crippen MR) is 108 cm³/mol. The van der Waals surface area contributed by atoms with E-state index in [2.05, 4.69) is 0 Å². The van der Waals surface area contributed by atoms with Crippen molar-refractivity contribution in [3.63, 3.8) is 0 Å². The van der Waals surface area contributed by atoms with E-state index in [9.17, 15) is 46.0 Å². The van der Waals surface area contributed by atoms with E-state index in [0.29, 0.717) is 0 Å². The summed E-state index contributed by atoms with van der Waals surface area (Å²) in [6, 6.07) is -4.15. The van der Waals surface area contributed by atoms with Crippen LogP contribution < -0.4 is 17.2 Å². The first kappa shape index (κ1) is 28.9. The second-order valence-corrected chi connectivity index (χ2v) is 8.81. The van der Waals surface area contributed by atoms with Crippen molar-refractivity contribution >= 4 is 0 Å². The first-order valence-corrected chi connectivity index (χ1v) is 10.9. The van der Waals surface area contributed by atoms with E-state index in [4.69, 9.17) is 40.9 Å². The SMILES string of the molecule is N[C@H]1[C@@H](OC2[C@@H](CO)O[C@@H](OC3[C@@H](CO)O[C@@H](O)[C@H](N)[C@H]3O)[C@H](N)[C@H]2O)O[C@](O)(CO)[C@@H](O)[C@@H]1O.